The van der Waals surface area contributed by atoms with E-state index in [-0.39, 0.29) is 17.9 Å². The van der Waals surface area contributed by atoms with Crippen LogP contribution in [0.4, 0.5) is 0 Å². The molecule has 0 radical (unpaired) electrons. The molecular formula is C26H39NO3. The second-order valence-electron chi connectivity index (χ2n) is 9.54. The summed E-state index contributed by atoms with van der Waals surface area (Å²) in [6.07, 6.45) is 14.0. The minimum atomic E-state index is -0.512. The summed E-state index contributed by atoms with van der Waals surface area (Å²) in [6, 6.07) is 0. The first-order valence-electron chi connectivity index (χ1n) is 11.9. The number of carbonyl (C=O) groups excluding carboxylic acids is 1. The molecule has 1 aliphatic heterocycles. The number of rotatable bonds is 8. The second kappa shape index (κ2) is 11.2. The average molecular weight is 414 g/mol. The Morgan fingerprint density at radius 3 is 2.80 bits per heavy atom. The maximum absolute atomic E-state index is 12.2. The highest BCUT2D eigenvalue weighted by Gasteiger charge is 2.45. The van der Waals surface area contributed by atoms with E-state index in [4.69, 9.17) is 0 Å². The zero-order valence-electron chi connectivity index (χ0n) is 18.7. The number of fused-ring (bicyclic) bond motifs is 1. The third-order valence-corrected chi connectivity index (χ3v) is 7.31. The standard InChI is InChI=1S/C26H39NO3/c1-3-4-9-19(2)24(28)13-12-22-23-17-20(16-21(23)18-25(22)29)10-5-6-11-26(30)27-14-7-8-15-27/h10,12-13,19,21-25,28-29H,5-9,11,14-18H2,1-2H3/t19-,21+,22-,23+,24-,25-/m1/s1. The molecule has 3 rings (SSSR count). The Hall–Kier alpha value is -1.57. The number of aliphatic hydroxyl groups is 2. The molecule has 0 unspecified atom stereocenters. The van der Waals surface area contributed by atoms with Crippen molar-refractivity contribution in [3.8, 4) is 11.8 Å². The largest absolute Gasteiger partial charge is 0.392 e. The molecule has 1 saturated heterocycles. The van der Waals surface area contributed by atoms with E-state index in [0.717, 1.165) is 58.0 Å². The molecule has 0 aromatic rings. The highest BCUT2D eigenvalue weighted by Crippen LogP contribution is 2.50. The van der Waals surface area contributed by atoms with Crippen LogP contribution in [-0.2, 0) is 4.79 Å². The number of nitrogens with zero attached hydrogens (tertiary/aromatic N) is 1. The highest BCUT2D eigenvalue weighted by atomic mass is 16.3. The Morgan fingerprint density at radius 2 is 2.07 bits per heavy atom. The first kappa shape index (κ1) is 23.1. The Labute approximate surface area is 182 Å². The minimum Gasteiger partial charge on any atom is -0.392 e. The fraction of sp³-hybridized carbons (Fsp3) is 0.731. The van der Waals surface area contributed by atoms with Gasteiger partial charge in [-0.3, -0.25) is 4.79 Å². The van der Waals surface area contributed by atoms with Gasteiger partial charge in [0.1, 0.15) is 0 Å². The number of likely N-dealkylation sites (tertiary alicyclic amines) is 1. The van der Waals surface area contributed by atoms with E-state index < -0.39 is 6.10 Å². The zero-order chi connectivity index (χ0) is 21.5. The first-order chi connectivity index (χ1) is 14.5. The highest BCUT2D eigenvalue weighted by molar-refractivity contribution is 5.76. The molecule has 6 atom stereocenters. The molecule has 0 bridgehead atoms. The Balaban J connectivity index is 1.46. The van der Waals surface area contributed by atoms with Crippen molar-refractivity contribution in [1.29, 1.82) is 0 Å². The van der Waals surface area contributed by atoms with Crippen LogP contribution in [0.25, 0.3) is 0 Å². The van der Waals surface area contributed by atoms with Crippen LogP contribution in [0.1, 0.15) is 71.6 Å². The van der Waals surface area contributed by atoms with E-state index in [1.807, 2.05) is 24.8 Å². The Kier molecular flexibility index (Phi) is 8.60. The molecule has 166 valence electrons. The first-order valence-corrected chi connectivity index (χ1v) is 11.9. The summed E-state index contributed by atoms with van der Waals surface area (Å²) < 4.78 is 0. The molecule has 1 amide bonds. The summed E-state index contributed by atoms with van der Waals surface area (Å²) in [4.78, 5) is 14.2. The molecular weight excluding hydrogens is 374 g/mol. The average Bonchev–Trinajstić information content (AvgIpc) is 3.44. The number of unbranched alkanes of at least 4 members (excludes halogenated alkanes) is 1. The van der Waals surface area contributed by atoms with Gasteiger partial charge in [0.2, 0.25) is 5.91 Å². The monoisotopic (exact) mass is 413 g/mol. The van der Waals surface area contributed by atoms with Gasteiger partial charge < -0.3 is 15.1 Å². The van der Waals surface area contributed by atoms with Crippen LogP contribution in [-0.4, -0.2) is 46.3 Å². The van der Waals surface area contributed by atoms with Gasteiger partial charge in [0, 0.05) is 31.8 Å². The molecule has 1 heterocycles. The molecule has 4 heteroatoms. The predicted molar refractivity (Wildman–Crippen MR) is 120 cm³/mol. The van der Waals surface area contributed by atoms with Crippen LogP contribution in [0.2, 0.25) is 0 Å². The summed E-state index contributed by atoms with van der Waals surface area (Å²) in [5.74, 6) is 7.50. The predicted octanol–water partition coefficient (Wildman–Crippen LogP) is 4.08. The van der Waals surface area contributed by atoms with Crippen molar-refractivity contribution in [2.24, 2.45) is 23.7 Å². The van der Waals surface area contributed by atoms with Gasteiger partial charge >= 0.3 is 0 Å². The van der Waals surface area contributed by atoms with Gasteiger partial charge in [-0.1, -0.05) is 30.7 Å². The quantitative estimate of drug-likeness (QED) is 0.358. The van der Waals surface area contributed by atoms with Crippen LogP contribution >= 0.6 is 0 Å². The van der Waals surface area contributed by atoms with E-state index in [0.29, 0.717) is 30.6 Å². The number of carbonyl (C=O) groups is 1. The lowest BCUT2D eigenvalue weighted by molar-refractivity contribution is -0.130. The molecule has 3 fully saturated rings. The third-order valence-electron chi connectivity index (χ3n) is 7.31. The lowest BCUT2D eigenvalue weighted by atomic mass is 9.89. The van der Waals surface area contributed by atoms with Crippen molar-refractivity contribution in [3.05, 3.63) is 23.8 Å². The molecule has 3 aliphatic rings. The molecule has 30 heavy (non-hydrogen) atoms. The third kappa shape index (κ3) is 5.99. The number of amides is 1. The van der Waals surface area contributed by atoms with Gasteiger partial charge in [-0.25, -0.2) is 0 Å². The number of hydrogen-bond donors (Lipinski definition) is 2. The Morgan fingerprint density at radius 1 is 1.30 bits per heavy atom. The van der Waals surface area contributed by atoms with Gasteiger partial charge in [0.25, 0.3) is 0 Å². The zero-order valence-corrected chi connectivity index (χ0v) is 18.7. The van der Waals surface area contributed by atoms with E-state index in [2.05, 4.69) is 24.0 Å². The van der Waals surface area contributed by atoms with Crippen LogP contribution in [0.3, 0.4) is 0 Å². The van der Waals surface area contributed by atoms with Gasteiger partial charge in [-0.2, -0.15) is 0 Å². The summed E-state index contributed by atoms with van der Waals surface area (Å²) in [6.45, 7) is 5.72. The lowest BCUT2D eigenvalue weighted by Gasteiger charge is -2.19. The topological polar surface area (TPSA) is 60.8 Å². The van der Waals surface area contributed by atoms with E-state index in [1.165, 1.54) is 5.57 Å². The normalized spacial score (nSPS) is 31.7. The van der Waals surface area contributed by atoms with Crippen molar-refractivity contribution >= 4 is 5.91 Å². The second-order valence-corrected chi connectivity index (χ2v) is 9.54. The fourth-order valence-electron chi connectivity index (χ4n) is 5.44. The van der Waals surface area contributed by atoms with E-state index in [1.54, 1.807) is 0 Å². The van der Waals surface area contributed by atoms with Crippen molar-refractivity contribution in [3.63, 3.8) is 0 Å². The summed E-state index contributed by atoms with van der Waals surface area (Å²) >= 11 is 0. The number of allylic oxidation sites excluding steroid dienone is 2. The van der Waals surface area contributed by atoms with E-state index in [9.17, 15) is 15.0 Å². The lowest BCUT2D eigenvalue weighted by Crippen LogP contribution is -2.27. The molecule has 0 aromatic heterocycles. The van der Waals surface area contributed by atoms with E-state index >= 15 is 0 Å². The van der Waals surface area contributed by atoms with Crippen molar-refractivity contribution in [1.82, 2.24) is 4.90 Å². The van der Waals surface area contributed by atoms with Gasteiger partial charge in [-0.05, 0) is 69.6 Å². The van der Waals surface area contributed by atoms with Crippen molar-refractivity contribution in [2.75, 3.05) is 13.1 Å². The maximum Gasteiger partial charge on any atom is 0.222 e. The summed E-state index contributed by atoms with van der Waals surface area (Å²) in [5.41, 5.74) is 1.50. The number of hydrogen-bond acceptors (Lipinski definition) is 3. The van der Waals surface area contributed by atoms with Crippen molar-refractivity contribution < 1.29 is 15.0 Å². The van der Waals surface area contributed by atoms with Crippen LogP contribution in [0.5, 0.6) is 0 Å². The van der Waals surface area contributed by atoms with Crippen molar-refractivity contribution in [2.45, 2.75) is 83.8 Å². The maximum atomic E-state index is 12.2. The molecule has 0 aromatic carbocycles. The molecule has 2 N–H and O–H groups in total. The molecule has 2 aliphatic carbocycles. The van der Waals surface area contributed by atoms with Gasteiger partial charge in [0.05, 0.1) is 12.2 Å². The minimum absolute atomic E-state index is 0.102. The van der Waals surface area contributed by atoms with Gasteiger partial charge in [0.15, 0.2) is 0 Å². The summed E-state index contributed by atoms with van der Waals surface area (Å²) in [7, 11) is 0. The van der Waals surface area contributed by atoms with Crippen LogP contribution < -0.4 is 0 Å². The van der Waals surface area contributed by atoms with Gasteiger partial charge in [-0.15, -0.1) is 11.8 Å². The Bertz CT molecular complexity index is 695. The molecule has 0 spiro atoms. The smallest absolute Gasteiger partial charge is 0.222 e. The SMILES string of the molecule is CC#CC[C@@H](C)[C@H](O)C=C[C@@H]1[C@H]2CC(=CCCCC(=O)N3CCCC3)C[C@H]2C[C@H]1O. The molecule has 2 saturated carbocycles. The van der Waals surface area contributed by atoms with Crippen LogP contribution in [0, 0.1) is 35.5 Å². The number of aliphatic hydroxyl groups excluding tert-OH is 2. The van der Waals surface area contributed by atoms with Crippen LogP contribution in [0.15, 0.2) is 23.8 Å². The summed E-state index contributed by atoms with van der Waals surface area (Å²) in [5, 5.41) is 20.9. The fourth-order valence-corrected chi connectivity index (χ4v) is 5.44. The molecule has 4 nitrogen and oxygen atoms in total.